The van der Waals surface area contributed by atoms with E-state index in [0.717, 1.165) is 0 Å². The average molecular weight is 541 g/mol. The van der Waals surface area contributed by atoms with Crippen molar-refractivity contribution in [2.45, 2.75) is 67.8 Å². The lowest BCUT2D eigenvalue weighted by Crippen LogP contribution is -2.60. The third kappa shape index (κ3) is 5.72. The number of aliphatic hydroxyl groups is 8. The molecule has 2 heterocycles. The molecule has 0 aliphatic carbocycles. The zero-order valence-corrected chi connectivity index (χ0v) is 20.1. The Morgan fingerprint density at radius 3 is 1.66 bits per heavy atom. The monoisotopic (exact) mass is 540 g/mol. The van der Waals surface area contributed by atoms with Crippen LogP contribution in [0.5, 0.6) is 17.2 Å². The minimum Gasteiger partial charge on any atom is -0.508 e. The molecule has 0 spiro atoms. The van der Waals surface area contributed by atoms with E-state index in [-0.39, 0.29) is 29.2 Å². The number of aliphatic hydroxyl groups excluding tert-OH is 8. The van der Waals surface area contributed by atoms with Crippen LogP contribution in [0, 0.1) is 0 Å². The molecule has 2 aromatic rings. The van der Waals surface area contributed by atoms with Crippen LogP contribution < -0.4 is 9.47 Å². The summed E-state index contributed by atoms with van der Waals surface area (Å²) in [5, 5.41) is 90.3. The van der Waals surface area contributed by atoms with Crippen LogP contribution in [-0.2, 0) is 15.9 Å². The first-order valence-corrected chi connectivity index (χ1v) is 12.0. The van der Waals surface area contributed by atoms with Crippen LogP contribution in [0.3, 0.4) is 0 Å². The Balaban J connectivity index is 1.57. The molecule has 13 nitrogen and oxygen atoms in total. The first kappa shape index (κ1) is 28.4. The summed E-state index contributed by atoms with van der Waals surface area (Å²) in [6.45, 7) is -1.26. The quantitative estimate of drug-likeness (QED) is 0.167. The predicted octanol–water partition coefficient (Wildman–Crippen LogP) is -2.66. The second kappa shape index (κ2) is 12.1. The number of phenolic OH excluding ortho intramolecular Hbond substituents is 1. The number of ether oxygens (including phenoxy) is 4. The zero-order valence-electron chi connectivity index (χ0n) is 20.1. The van der Waals surface area contributed by atoms with Gasteiger partial charge >= 0.3 is 0 Å². The largest absolute Gasteiger partial charge is 0.508 e. The van der Waals surface area contributed by atoms with Gasteiger partial charge in [-0.05, 0) is 23.8 Å². The first-order chi connectivity index (χ1) is 18.2. The summed E-state index contributed by atoms with van der Waals surface area (Å²) in [4.78, 5) is 0. The SMILES string of the molecule is OCC1OC(Oc2ccccc2Cc2c(O)cccc2OC2OC(CO)C(O)C(O)C2O)C(O)C(O)C1O. The second-order valence-corrected chi connectivity index (χ2v) is 9.17. The molecule has 2 aliphatic heterocycles. The van der Waals surface area contributed by atoms with Gasteiger partial charge in [0.05, 0.1) is 13.2 Å². The highest BCUT2D eigenvalue weighted by molar-refractivity contribution is 5.49. The molecule has 0 saturated carbocycles. The Morgan fingerprint density at radius 1 is 0.605 bits per heavy atom. The van der Waals surface area contributed by atoms with Crippen molar-refractivity contribution in [3.63, 3.8) is 0 Å². The summed E-state index contributed by atoms with van der Waals surface area (Å²) in [6.07, 6.45) is -15.0. The van der Waals surface area contributed by atoms with E-state index in [2.05, 4.69) is 0 Å². The molecular formula is C25H32O13. The lowest BCUT2D eigenvalue weighted by molar-refractivity contribution is -0.277. The fourth-order valence-corrected chi connectivity index (χ4v) is 4.38. The second-order valence-electron chi connectivity index (χ2n) is 9.17. The Bertz CT molecular complexity index is 1060. The topological polar surface area (TPSA) is 219 Å². The standard InChI is InChI=1S/C25H32O13/c26-9-16-18(29)20(31)22(33)24(37-16)35-14-6-2-1-4-11(14)8-12-13(28)5-3-7-15(12)36-25-23(34)21(32)19(30)17(10-27)38-25/h1-7,16-34H,8-10H2. The minimum absolute atomic E-state index is 0.00692. The lowest BCUT2D eigenvalue weighted by Gasteiger charge is -2.40. The fourth-order valence-electron chi connectivity index (χ4n) is 4.38. The molecule has 38 heavy (non-hydrogen) atoms. The van der Waals surface area contributed by atoms with Crippen LogP contribution in [0.4, 0.5) is 0 Å². The van der Waals surface area contributed by atoms with Crippen LogP contribution in [-0.4, -0.2) is 121 Å². The Hall–Kier alpha value is -2.56. The normalized spacial score (nSPS) is 35.6. The number of hydrogen-bond donors (Lipinski definition) is 9. The molecule has 2 saturated heterocycles. The molecule has 2 aliphatic rings. The van der Waals surface area contributed by atoms with Gasteiger partial charge in [0.1, 0.15) is 66.1 Å². The average Bonchev–Trinajstić information content (AvgIpc) is 2.91. The first-order valence-electron chi connectivity index (χ1n) is 12.0. The van der Waals surface area contributed by atoms with E-state index in [1.807, 2.05) is 0 Å². The summed E-state index contributed by atoms with van der Waals surface area (Å²) < 4.78 is 22.4. The van der Waals surface area contributed by atoms with Gasteiger partial charge in [-0.1, -0.05) is 24.3 Å². The number of para-hydroxylation sites is 1. The van der Waals surface area contributed by atoms with Gasteiger partial charge in [-0.2, -0.15) is 0 Å². The van der Waals surface area contributed by atoms with Crippen LogP contribution >= 0.6 is 0 Å². The molecule has 0 amide bonds. The van der Waals surface area contributed by atoms with E-state index in [1.165, 1.54) is 18.2 Å². The van der Waals surface area contributed by atoms with Gasteiger partial charge in [0.15, 0.2) is 0 Å². The van der Waals surface area contributed by atoms with E-state index in [9.17, 15) is 46.0 Å². The number of benzene rings is 2. The number of phenols is 1. The lowest BCUT2D eigenvalue weighted by atomic mass is 9.98. The van der Waals surface area contributed by atoms with E-state index in [4.69, 9.17) is 18.9 Å². The van der Waals surface area contributed by atoms with Crippen LogP contribution in [0.15, 0.2) is 42.5 Å². The zero-order chi connectivity index (χ0) is 27.6. The molecule has 13 heteroatoms. The van der Waals surface area contributed by atoms with Crippen molar-refractivity contribution < 1.29 is 64.9 Å². The van der Waals surface area contributed by atoms with Crippen molar-refractivity contribution in [3.05, 3.63) is 53.6 Å². The highest BCUT2D eigenvalue weighted by Gasteiger charge is 2.46. The summed E-state index contributed by atoms with van der Waals surface area (Å²) in [7, 11) is 0. The number of hydrogen-bond acceptors (Lipinski definition) is 13. The van der Waals surface area contributed by atoms with Crippen LogP contribution in [0.1, 0.15) is 11.1 Å². The van der Waals surface area contributed by atoms with E-state index in [1.54, 1.807) is 24.3 Å². The Kier molecular flexibility index (Phi) is 9.05. The maximum atomic E-state index is 10.6. The molecule has 2 fully saturated rings. The summed E-state index contributed by atoms with van der Waals surface area (Å²) in [5.41, 5.74) is 0.707. The van der Waals surface area contributed by atoms with Gasteiger partial charge in [0, 0.05) is 12.0 Å². The molecule has 0 aromatic heterocycles. The van der Waals surface area contributed by atoms with E-state index in [0.29, 0.717) is 5.56 Å². The van der Waals surface area contributed by atoms with Crippen molar-refractivity contribution in [1.82, 2.24) is 0 Å². The van der Waals surface area contributed by atoms with Gasteiger partial charge in [0.2, 0.25) is 12.6 Å². The van der Waals surface area contributed by atoms with Crippen molar-refractivity contribution in [1.29, 1.82) is 0 Å². The van der Waals surface area contributed by atoms with E-state index >= 15 is 0 Å². The van der Waals surface area contributed by atoms with Crippen molar-refractivity contribution in [2.75, 3.05) is 13.2 Å². The molecule has 0 radical (unpaired) electrons. The Morgan fingerprint density at radius 2 is 1.11 bits per heavy atom. The van der Waals surface area contributed by atoms with Crippen LogP contribution in [0.25, 0.3) is 0 Å². The molecule has 210 valence electrons. The maximum Gasteiger partial charge on any atom is 0.229 e. The fraction of sp³-hybridized carbons (Fsp3) is 0.520. The number of aromatic hydroxyl groups is 1. The molecule has 10 unspecified atom stereocenters. The number of rotatable bonds is 8. The van der Waals surface area contributed by atoms with E-state index < -0.39 is 74.6 Å². The summed E-state index contributed by atoms with van der Waals surface area (Å²) in [5.74, 6) is 0.0746. The van der Waals surface area contributed by atoms with Gasteiger partial charge in [0.25, 0.3) is 0 Å². The highest BCUT2D eigenvalue weighted by Crippen LogP contribution is 2.35. The van der Waals surface area contributed by atoms with Crippen LogP contribution in [0.2, 0.25) is 0 Å². The van der Waals surface area contributed by atoms with Crippen molar-refractivity contribution in [2.24, 2.45) is 0 Å². The predicted molar refractivity (Wildman–Crippen MR) is 126 cm³/mol. The summed E-state index contributed by atoms with van der Waals surface area (Å²) in [6, 6.07) is 10.9. The third-order valence-electron chi connectivity index (χ3n) is 6.63. The van der Waals surface area contributed by atoms with Gasteiger partial charge in [-0.25, -0.2) is 0 Å². The third-order valence-corrected chi connectivity index (χ3v) is 6.63. The minimum atomic E-state index is -1.66. The van der Waals surface area contributed by atoms with Gasteiger partial charge in [-0.15, -0.1) is 0 Å². The smallest absolute Gasteiger partial charge is 0.229 e. The van der Waals surface area contributed by atoms with Crippen molar-refractivity contribution in [3.8, 4) is 17.2 Å². The Labute approximate surface area is 217 Å². The molecule has 9 N–H and O–H groups in total. The maximum absolute atomic E-state index is 10.6. The molecular weight excluding hydrogens is 508 g/mol. The highest BCUT2D eigenvalue weighted by atomic mass is 16.7. The molecule has 2 aromatic carbocycles. The van der Waals surface area contributed by atoms with Crippen molar-refractivity contribution >= 4 is 0 Å². The van der Waals surface area contributed by atoms with Gasteiger partial charge < -0.3 is 64.9 Å². The van der Waals surface area contributed by atoms with Gasteiger partial charge in [-0.3, -0.25) is 0 Å². The molecule has 4 rings (SSSR count). The summed E-state index contributed by atoms with van der Waals surface area (Å²) >= 11 is 0. The molecule has 0 bridgehead atoms. The molecule has 10 atom stereocenters.